The zero-order valence-electron chi connectivity index (χ0n) is 16.0. The van der Waals surface area contributed by atoms with Crippen LogP contribution in [-0.4, -0.2) is 0 Å². The van der Waals surface area contributed by atoms with Gasteiger partial charge in [-0.15, -0.1) is 0 Å². The third kappa shape index (κ3) is 1.80. The molecule has 2 heterocycles. The second-order valence-electron chi connectivity index (χ2n) is 9.69. The van der Waals surface area contributed by atoms with Crippen LogP contribution in [0.15, 0.2) is 48.5 Å². The first-order chi connectivity index (χ1) is 12.6. The van der Waals surface area contributed by atoms with Crippen molar-refractivity contribution in [2.45, 2.75) is 68.9 Å². The molecule has 6 rings (SSSR count). The summed E-state index contributed by atoms with van der Waals surface area (Å²) in [6, 6.07) is 18.7. The first-order valence-electron chi connectivity index (χ1n) is 10.6. The van der Waals surface area contributed by atoms with Crippen molar-refractivity contribution in [3.63, 3.8) is 0 Å². The standard InChI is InChI=1S/C25H29N/c1-3-24-15-18(24)16-25(14-17-12-13-17)22-11-7-5-9-20(22)23(2,26-25)19-8-4-6-10-21(19)24/h4-11,17-18,26H,3,12-16H2,1-2H3/t18-,23-,24-,25?/m1/s1. The van der Waals surface area contributed by atoms with Crippen LogP contribution in [0.2, 0.25) is 0 Å². The van der Waals surface area contributed by atoms with Crippen molar-refractivity contribution in [2.24, 2.45) is 11.8 Å². The topological polar surface area (TPSA) is 12.0 Å². The number of hydrogen-bond acceptors (Lipinski definition) is 1. The predicted molar refractivity (Wildman–Crippen MR) is 106 cm³/mol. The molecule has 2 fully saturated rings. The van der Waals surface area contributed by atoms with Crippen LogP contribution in [-0.2, 0) is 16.5 Å². The van der Waals surface area contributed by atoms with Gasteiger partial charge in [-0.2, -0.15) is 0 Å². The third-order valence-corrected chi connectivity index (χ3v) is 8.26. The molecule has 1 N–H and O–H groups in total. The normalized spacial score (nSPS) is 39.4. The van der Waals surface area contributed by atoms with Crippen molar-refractivity contribution < 1.29 is 0 Å². The highest BCUT2D eigenvalue weighted by atomic mass is 15.1. The summed E-state index contributed by atoms with van der Waals surface area (Å²) in [6.07, 6.45) is 8.18. The number of fused-ring (bicyclic) bond motifs is 9. The van der Waals surface area contributed by atoms with Gasteiger partial charge in [0.2, 0.25) is 0 Å². The Morgan fingerprint density at radius 1 is 0.885 bits per heavy atom. The SMILES string of the molecule is CC[C@@]12C[C@@H]1CC1(CC3CC3)N[C@@](C)(c3ccccc31)c1ccccc12. The molecule has 0 radical (unpaired) electrons. The lowest BCUT2D eigenvalue weighted by Gasteiger charge is -2.40. The maximum atomic E-state index is 4.27. The van der Waals surface area contributed by atoms with E-state index in [2.05, 4.69) is 67.7 Å². The van der Waals surface area contributed by atoms with E-state index in [4.69, 9.17) is 0 Å². The van der Waals surface area contributed by atoms with Gasteiger partial charge in [-0.05, 0) is 72.1 Å². The molecule has 134 valence electrons. The summed E-state index contributed by atoms with van der Waals surface area (Å²) in [5.41, 5.74) is 6.84. The molecule has 0 aromatic heterocycles. The molecule has 1 unspecified atom stereocenters. The Labute approximate surface area is 157 Å². The lowest BCUT2D eigenvalue weighted by molar-refractivity contribution is 0.217. The van der Waals surface area contributed by atoms with Gasteiger partial charge in [-0.1, -0.05) is 68.3 Å². The van der Waals surface area contributed by atoms with Gasteiger partial charge >= 0.3 is 0 Å². The molecule has 0 spiro atoms. The van der Waals surface area contributed by atoms with Crippen molar-refractivity contribution in [1.29, 1.82) is 0 Å². The van der Waals surface area contributed by atoms with Gasteiger partial charge in [-0.3, -0.25) is 5.32 Å². The van der Waals surface area contributed by atoms with Crippen LogP contribution < -0.4 is 5.32 Å². The molecular weight excluding hydrogens is 314 g/mol. The minimum Gasteiger partial charge on any atom is -0.294 e. The van der Waals surface area contributed by atoms with E-state index in [-0.39, 0.29) is 11.1 Å². The maximum Gasteiger partial charge on any atom is 0.0675 e. The van der Waals surface area contributed by atoms with Gasteiger partial charge in [0.05, 0.1) is 5.54 Å². The highest BCUT2D eigenvalue weighted by Crippen LogP contribution is 2.67. The fourth-order valence-corrected chi connectivity index (χ4v) is 6.76. The van der Waals surface area contributed by atoms with E-state index >= 15 is 0 Å². The van der Waals surface area contributed by atoms with Gasteiger partial charge in [0.15, 0.2) is 0 Å². The monoisotopic (exact) mass is 343 g/mol. The molecule has 2 aromatic carbocycles. The summed E-state index contributed by atoms with van der Waals surface area (Å²) < 4.78 is 0. The molecule has 0 saturated heterocycles. The van der Waals surface area contributed by atoms with E-state index in [0.717, 1.165) is 11.8 Å². The first kappa shape index (κ1) is 15.5. The van der Waals surface area contributed by atoms with Crippen LogP contribution in [0.4, 0.5) is 0 Å². The molecule has 1 heteroatoms. The highest BCUT2D eigenvalue weighted by Gasteiger charge is 2.63. The van der Waals surface area contributed by atoms with Gasteiger partial charge in [0.1, 0.15) is 0 Å². The van der Waals surface area contributed by atoms with Gasteiger partial charge in [-0.25, -0.2) is 0 Å². The molecule has 4 atom stereocenters. The second-order valence-corrected chi connectivity index (χ2v) is 9.69. The molecule has 2 aromatic rings. The number of rotatable bonds is 3. The van der Waals surface area contributed by atoms with Gasteiger partial charge in [0, 0.05) is 5.54 Å². The van der Waals surface area contributed by atoms with Crippen LogP contribution in [0.25, 0.3) is 0 Å². The van der Waals surface area contributed by atoms with E-state index in [0.29, 0.717) is 5.41 Å². The van der Waals surface area contributed by atoms with E-state index < -0.39 is 0 Å². The fraction of sp³-hybridized carbons (Fsp3) is 0.520. The van der Waals surface area contributed by atoms with Gasteiger partial charge < -0.3 is 0 Å². The van der Waals surface area contributed by atoms with E-state index in [1.807, 2.05) is 0 Å². The van der Waals surface area contributed by atoms with Crippen molar-refractivity contribution in [3.8, 4) is 0 Å². The average molecular weight is 344 g/mol. The molecule has 2 aliphatic heterocycles. The van der Waals surface area contributed by atoms with Crippen LogP contribution in [0.1, 0.15) is 74.6 Å². The molecule has 1 nitrogen and oxygen atoms in total. The predicted octanol–water partition coefficient (Wildman–Crippen LogP) is 5.62. The molecule has 26 heavy (non-hydrogen) atoms. The Morgan fingerprint density at radius 2 is 1.50 bits per heavy atom. The van der Waals surface area contributed by atoms with Crippen molar-refractivity contribution >= 4 is 0 Å². The Bertz CT molecular complexity index is 897. The Morgan fingerprint density at radius 3 is 2.15 bits per heavy atom. The zero-order chi connectivity index (χ0) is 17.6. The number of hydrogen-bond donors (Lipinski definition) is 1. The summed E-state index contributed by atoms with van der Waals surface area (Å²) in [4.78, 5) is 0. The number of nitrogens with one attached hydrogen (secondary N) is 1. The molecule has 2 bridgehead atoms. The summed E-state index contributed by atoms with van der Waals surface area (Å²) in [5.74, 6) is 1.76. The largest absolute Gasteiger partial charge is 0.294 e. The fourth-order valence-electron chi connectivity index (χ4n) is 6.76. The van der Waals surface area contributed by atoms with Crippen LogP contribution in [0.3, 0.4) is 0 Å². The molecule has 0 amide bonds. The third-order valence-electron chi connectivity index (χ3n) is 8.26. The lowest BCUT2D eigenvalue weighted by Crippen LogP contribution is -2.49. The second kappa shape index (κ2) is 4.81. The van der Waals surface area contributed by atoms with Crippen LogP contribution in [0, 0.1) is 11.8 Å². The Balaban J connectivity index is 1.64. The van der Waals surface area contributed by atoms with Crippen LogP contribution in [0.5, 0.6) is 0 Å². The number of benzene rings is 2. The van der Waals surface area contributed by atoms with Gasteiger partial charge in [0.25, 0.3) is 0 Å². The highest BCUT2D eigenvalue weighted by molar-refractivity contribution is 5.57. The molecule has 2 saturated carbocycles. The summed E-state index contributed by atoms with van der Waals surface area (Å²) >= 11 is 0. The smallest absolute Gasteiger partial charge is 0.0675 e. The van der Waals surface area contributed by atoms with Crippen molar-refractivity contribution in [1.82, 2.24) is 5.32 Å². The zero-order valence-corrected chi connectivity index (χ0v) is 16.0. The maximum absolute atomic E-state index is 4.27. The average Bonchev–Trinajstić information content (AvgIpc) is 3.57. The molecular formula is C25H29N. The quantitative estimate of drug-likeness (QED) is 0.762. The summed E-state index contributed by atoms with van der Waals surface area (Å²) in [7, 11) is 0. The minimum absolute atomic E-state index is 0.0577. The summed E-state index contributed by atoms with van der Waals surface area (Å²) in [6.45, 7) is 4.86. The Kier molecular flexibility index (Phi) is 2.86. The minimum atomic E-state index is -0.0577. The van der Waals surface area contributed by atoms with E-state index in [9.17, 15) is 0 Å². The molecule has 4 aliphatic rings. The lowest BCUT2D eigenvalue weighted by atomic mass is 9.76. The molecule has 2 aliphatic carbocycles. The van der Waals surface area contributed by atoms with E-state index in [1.54, 1.807) is 11.1 Å². The van der Waals surface area contributed by atoms with Crippen LogP contribution >= 0.6 is 0 Å². The van der Waals surface area contributed by atoms with E-state index in [1.165, 1.54) is 49.7 Å². The summed E-state index contributed by atoms with van der Waals surface area (Å²) in [5, 5.41) is 4.27. The van der Waals surface area contributed by atoms with Crippen molar-refractivity contribution in [3.05, 3.63) is 70.8 Å². The van der Waals surface area contributed by atoms with Crippen molar-refractivity contribution in [2.75, 3.05) is 0 Å². The Hall–Kier alpha value is -1.60. The first-order valence-corrected chi connectivity index (χ1v) is 10.6.